The number of rotatable bonds is 7. The first kappa shape index (κ1) is 16.9. The number of hydrogen-bond donors (Lipinski definition) is 0. The summed E-state index contributed by atoms with van der Waals surface area (Å²) in [5, 5.41) is 3.84. The SMILES string of the molecule is Cc1nc(CCN(C)C(=O)CCN(C)[C@@H]2CCN(C)C2)no1. The lowest BCUT2D eigenvalue weighted by Crippen LogP contribution is -2.37. The summed E-state index contributed by atoms with van der Waals surface area (Å²) in [5.74, 6) is 1.38. The summed E-state index contributed by atoms with van der Waals surface area (Å²) in [6.07, 6.45) is 2.37. The van der Waals surface area contributed by atoms with Crippen molar-refractivity contribution in [1.82, 2.24) is 24.8 Å². The molecule has 1 amide bonds. The summed E-state index contributed by atoms with van der Waals surface area (Å²) >= 11 is 0. The van der Waals surface area contributed by atoms with Crippen LogP contribution in [0.3, 0.4) is 0 Å². The number of hydrogen-bond acceptors (Lipinski definition) is 6. The summed E-state index contributed by atoms with van der Waals surface area (Å²) in [5.41, 5.74) is 0. The molecular formula is C15H27N5O2. The van der Waals surface area contributed by atoms with E-state index in [1.807, 2.05) is 7.05 Å². The summed E-state index contributed by atoms with van der Waals surface area (Å²) in [6.45, 7) is 5.43. The number of carbonyl (C=O) groups excluding carboxylic acids is 1. The lowest BCUT2D eigenvalue weighted by atomic mass is 10.2. The van der Waals surface area contributed by atoms with Gasteiger partial charge in [0, 0.05) is 52.5 Å². The fourth-order valence-electron chi connectivity index (χ4n) is 2.75. The van der Waals surface area contributed by atoms with Gasteiger partial charge in [0.15, 0.2) is 5.82 Å². The van der Waals surface area contributed by atoms with Gasteiger partial charge < -0.3 is 19.2 Å². The molecule has 7 nitrogen and oxygen atoms in total. The minimum absolute atomic E-state index is 0.165. The predicted molar refractivity (Wildman–Crippen MR) is 83.5 cm³/mol. The number of aromatic nitrogens is 2. The minimum atomic E-state index is 0.165. The lowest BCUT2D eigenvalue weighted by molar-refractivity contribution is -0.130. The lowest BCUT2D eigenvalue weighted by Gasteiger charge is -2.25. The van der Waals surface area contributed by atoms with Crippen molar-refractivity contribution in [2.45, 2.75) is 32.2 Å². The third-order valence-electron chi connectivity index (χ3n) is 4.33. The molecular weight excluding hydrogens is 282 g/mol. The maximum atomic E-state index is 12.2. The molecule has 1 aromatic heterocycles. The Labute approximate surface area is 132 Å². The molecule has 22 heavy (non-hydrogen) atoms. The van der Waals surface area contributed by atoms with E-state index in [0.717, 1.165) is 19.6 Å². The molecule has 0 N–H and O–H groups in total. The summed E-state index contributed by atoms with van der Waals surface area (Å²) < 4.78 is 4.93. The molecule has 0 bridgehead atoms. The van der Waals surface area contributed by atoms with Gasteiger partial charge in [0.25, 0.3) is 0 Å². The fraction of sp³-hybridized carbons (Fsp3) is 0.800. The van der Waals surface area contributed by atoms with Gasteiger partial charge in [-0.25, -0.2) is 0 Å². The smallest absolute Gasteiger partial charge is 0.223 e. The highest BCUT2D eigenvalue weighted by molar-refractivity contribution is 5.76. The number of likely N-dealkylation sites (N-methyl/N-ethyl adjacent to an activating group) is 3. The average Bonchev–Trinajstić information content (AvgIpc) is 3.10. The van der Waals surface area contributed by atoms with Crippen molar-refractivity contribution in [3.63, 3.8) is 0 Å². The first-order chi connectivity index (χ1) is 10.5. The third kappa shape index (κ3) is 4.78. The number of amides is 1. The Morgan fingerprint density at radius 3 is 2.77 bits per heavy atom. The molecule has 124 valence electrons. The van der Waals surface area contributed by atoms with Crippen LogP contribution in [0.15, 0.2) is 4.52 Å². The molecule has 1 fully saturated rings. The van der Waals surface area contributed by atoms with E-state index in [1.165, 1.54) is 6.42 Å². The highest BCUT2D eigenvalue weighted by Gasteiger charge is 2.23. The molecule has 1 atom stereocenters. The van der Waals surface area contributed by atoms with Crippen LogP contribution in [-0.4, -0.2) is 84.1 Å². The Morgan fingerprint density at radius 2 is 2.18 bits per heavy atom. The van der Waals surface area contributed by atoms with Crippen LogP contribution in [0, 0.1) is 6.92 Å². The molecule has 2 heterocycles. The Bertz CT molecular complexity index is 490. The van der Waals surface area contributed by atoms with Crippen LogP contribution in [0.4, 0.5) is 0 Å². The number of likely N-dealkylation sites (tertiary alicyclic amines) is 1. The van der Waals surface area contributed by atoms with E-state index < -0.39 is 0 Å². The van der Waals surface area contributed by atoms with Gasteiger partial charge in [-0.05, 0) is 27.1 Å². The average molecular weight is 309 g/mol. The quantitative estimate of drug-likeness (QED) is 0.726. The van der Waals surface area contributed by atoms with Gasteiger partial charge >= 0.3 is 0 Å². The van der Waals surface area contributed by atoms with Crippen molar-refractivity contribution in [2.75, 3.05) is 47.3 Å². The van der Waals surface area contributed by atoms with E-state index in [4.69, 9.17) is 4.52 Å². The Kier molecular flexibility index (Phi) is 5.90. The molecule has 2 rings (SSSR count). The topological polar surface area (TPSA) is 65.7 Å². The van der Waals surface area contributed by atoms with Crippen molar-refractivity contribution >= 4 is 5.91 Å². The highest BCUT2D eigenvalue weighted by atomic mass is 16.5. The molecule has 1 aromatic rings. The fourth-order valence-corrected chi connectivity index (χ4v) is 2.75. The Hall–Kier alpha value is -1.47. The monoisotopic (exact) mass is 309 g/mol. The molecule has 0 saturated carbocycles. The van der Waals surface area contributed by atoms with Gasteiger partial charge in [-0.15, -0.1) is 0 Å². The molecule has 1 aliphatic rings. The molecule has 0 unspecified atom stereocenters. The largest absolute Gasteiger partial charge is 0.345 e. The maximum absolute atomic E-state index is 12.2. The van der Waals surface area contributed by atoms with Gasteiger partial charge in [-0.3, -0.25) is 4.79 Å². The van der Waals surface area contributed by atoms with Crippen LogP contribution >= 0.6 is 0 Å². The van der Waals surface area contributed by atoms with Gasteiger partial charge in [0.1, 0.15) is 0 Å². The van der Waals surface area contributed by atoms with Gasteiger partial charge in [-0.2, -0.15) is 4.98 Å². The van der Waals surface area contributed by atoms with Crippen molar-refractivity contribution in [3.05, 3.63) is 11.7 Å². The first-order valence-corrected chi connectivity index (χ1v) is 7.87. The second-order valence-electron chi connectivity index (χ2n) is 6.23. The van der Waals surface area contributed by atoms with Gasteiger partial charge in [-0.1, -0.05) is 5.16 Å². The van der Waals surface area contributed by atoms with Gasteiger partial charge in [0.2, 0.25) is 11.8 Å². The van der Waals surface area contributed by atoms with Crippen LogP contribution in [0.5, 0.6) is 0 Å². The van der Waals surface area contributed by atoms with Crippen molar-refractivity contribution in [2.24, 2.45) is 0 Å². The second kappa shape index (κ2) is 7.69. The third-order valence-corrected chi connectivity index (χ3v) is 4.33. The van der Waals surface area contributed by atoms with E-state index in [2.05, 4.69) is 34.0 Å². The zero-order valence-electron chi connectivity index (χ0n) is 14.1. The Balaban J connectivity index is 1.67. The molecule has 0 aliphatic carbocycles. The van der Waals surface area contributed by atoms with E-state index in [0.29, 0.717) is 37.1 Å². The van der Waals surface area contributed by atoms with Crippen LogP contribution in [-0.2, 0) is 11.2 Å². The maximum Gasteiger partial charge on any atom is 0.223 e. The number of nitrogens with zero attached hydrogens (tertiary/aromatic N) is 5. The number of aryl methyl sites for hydroxylation is 1. The number of carbonyl (C=O) groups is 1. The van der Waals surface area contributed by atoms with Crippen molar-refractivity contribution < 1.29 is 9.32 Å². The van der Waals surface area contributed by atoms with Crippen LogP contribution in [0.1, 0.15) is 24.6 Å². The van der Waals surface area contributed by atoms with E-state index in [1.54, 1.807) is 11.8 Å². The minimum Gasteiger partial charge on any atom is -0.345 e. The molecule has 0 radical (unpaired) electrons. The normalized spacial score (nSPS) is 19.0. The van der Waals surface area contributed by atoms with Gasteiger partial charge in [0.05, 0.1) is 0 Å². The zero-order chi connectivity index (χ0) is 16.1. The predicted octanol–water partition coefficient (Wildman–Crippen LogP) is 0.405. The zero-order valence-corrected chi connectivity index (χ0v) is 14.1. The highest BCUT2D eigenvalue weighted by Crippen LogP contribution is 2.12. The van der Waals surface area contributed by atoms with Crippen LogP contribution in [0.2, 0.25) is 0 Å². The Morgan fingerprint density at radius 1 is 1.41 bits per heavy atom. The summed E-state index contributed by atoms with van der Waals surface area (Å²) in [6, 6.07) is 0.574. The van der Waals surface area contributed by atoms with Crippen LogP contribution in [0.25, 0.3) is 0 Å². The second-order valence-corrected chi connectivity index (χ2v) is 6.23. The van der Waals surface area contributed by atoms with E-state index >= 15 is 0 Å². The molecule has 0 aromatic carbocycles. The molecule has 1 aliphatic heterocycles. The summed E-state index contributed by atoms with van der Waals surface area (Å²) in [4.78, 5) is 22.7. The van der Waals surface area contributed by atoms with Crippen LogP contribution < -0.4 is 0 Å². The molecule has 1 saturated heterocycles. The van der Waals surface area contributed by atoms with Crippen molar-refractivity contribution in [1.29, 1.82) is 0 Å². The molecule has 7 heteroatoms. The summed E-state index contributed by atoms with van der Waals surface area (Å²) in [7, 11) is 6.09. The first-order valence-electron chi connectivity index (χ1n) is 7.87. The standard InChI is InChI=1S/C15H27N5O2/c1-12-16-14(17-22-12)6-9-20(4)15(21)7-10-19(3)13-5-8-18(2)11-13/h13H,5-11H2,1-4H3/t13-/m1/s1. The van der Waals surface area contributed by atoms with E-state index in [9.17, 15) is 4.79 Å². The van der Waals surface area contributed by atoms with Crippen molar-refractivity contribution in [3.8, 4) is 0 Å². The molecule has 0 spiro atoms. The van der Waals surface area contributed by atoms with E-state index in [-0.39, 0.29) is 5.91 Å².